The third kappa shape index (κ3) is 2.93. The van der Waals surface area contributed by atoms with Gasteiger partial charge in [-0.2, -0.15) is 0 Å². The van der Waals surface area contributed by atoms with E-state index in [1.165, 1.54) is 0 Å². The molecule has 0 bridgehead atoms. The average Bonchev–Trinajstić information content (AvgIpc) is 2.80. The maximum absolute atomic E-state index is 10.1. The molecule has 3 nitrogen and oxygen atoms in total. The standard InChI is InChI=1S/C18H17B5O3/c1-17(2)18(3,4)26-23(25-17)10-7-5-9(6-8-10)11-12(19)14(21)15(22)16(24)13(11)20/h5-8,24H,1-4H3. The SMILES string of the molecule is [B]c1c([B])c(O)c([B])c(-c2ccc(B3OC(C)(C)C(C)(C)O3)cc2)c1[B]. The van der Waals surface area contributed by atoms with Crippen LogP contribution in [0.25, 0.3) is 11.1 Å². The zero-order valence-electron chi connectivity index (χ0n) is 15.5. The van der Waals surface area contributed by atoms with Gasteiger partial charge in [0.05, 0.1) is 11.2 Å². The maximum Gasteiger partial charge on any atom is 0.494 e. The van der Waals surface area contributed by atoms with E-state index in [-0.39, 0.29) is 27.6 Å². The molecule has 1 aliphatic heterocycles. The quantitative estimate of drug-likeness (QED) is 0.682. The minimum Gasteiger partial charge on any atom is -0.509 e. The highest BCUT2D eigenvalue weighted by atomic mass is 16.7. The van der Waals surface area contributed by atoms with Crippen molar-refractivity contribution >= 4 is 65.8 Å². The highest BCUT2D eigenvalue weighted by Gasteiger charge is 2.51. The Kier molecular flexibility index (Phi) is 4.65. The van der Waals surface area contributed by atoms with E-state index >= 15 is 0 Å². The Labute approximate surface area is 160 Å². The summed E-state index contributed by atoms with van der Waals surface area (Å²) < 4.78 is 12.1. The number of benzene rings is 2. The number of phenolic OH excluding ortho intramolecular Hbond substituents is 1. The first kappa shape index (κ1) is 19.3. The molecule has 2 aromatic carbocycles. The molecule has 8 radical (unpaired) electrons. The lowest BCUT2D eigenvalue weighted by Crippen LogP contribution is -2.44. The number of phenols is 1. The van der Waals surface area contributed by atoms with Crippen molar-refractivity contribution in [3.05, 3.63) is 24.3 Å². The van der Waals surface area contributed by atoms with Gasteiger partial charge in [0.25, 0.3) is 0 Å². The molecule has 1 fully saturated rings. The molecule has 0 aromatic heterocycles. The van der Waals surface area contributed by atoms with Gasteiger partial charge in [-0.05, 0) is 49.7 Å². The maximum atomic E-state index is 10.1. The molecule has 3 rings (SSSR count). The lowest BCUT2D eigenvalue weighted by Gasteiger charge is -2.32. The van der Waals surface area contributed by atoms with Crippen LogP contribution >= 0.6 is 0 Å². The molecule has 2 aromatic rings. The van der Waals surface area contributed by atoms with Gasteiger partial charge in [0, 0.05) is 0 Å². The van der Waals surface area contributed by atoms with Crippen molar-refractivity contribution in [2.75, 3.05) is 0 Å². The van der Waals surface area contributed by atoms with Crippen LogP contribution in [-0.2, 0) is 9.31 Å². The molecule has 1 saturated heterocycles. The summed E-state index contributed by atoms with van der Waals surface area (Å²) in [5.41, 5.74) is 1.64. The third-order valence-electron chi connectivity index (χ3n) is 5.35. The van der Waals surface area contributed by atoms with E-state index in [1.54, 1.807) is 0 Å². The molecule has 1 aliphatic rings. The van der Waals surface area contributed by atoms with Gasteiger partial charge in [0.1, 0.15) is 37.1 Å². The first-order valence-corrected chi connectivity index (χ1v) is 8.37. The van der Waals surface area contributed by atoms with Gasteiger partial charge in [-0.25, -0.2) is 0 Å². The molecule has 26 heavy (non-hydrogen) atoms. The van der Waals surface area contributed by atoms with Crippen LogP contribution in [0.4, 0.5) is 0 Å². The first-order chi connectivity index (χ1) is 12.0. The summed E-state index contributed by atoms with van der Waals surface area (Å²) in [6, 6.07) is 7.41. The zero-order chi connectivity index (χ0) is 19.4. The summed E-state index contributed by atoms with van der Waals surface area (Å²) in [5.74, 6) is -0.262. The minimum absolute atomic E-state index is 0.0161. The van der Waals surface area contributed by atoms with Crippen molar-refractivity contribution in [3.8, 4) is 16.9 Å². The number of hydrogen-bond donors (Lipinski definition) is 1. The number of aromatic hydroxyl groups is 1. The minimum atomic E-state index is -0.464. The summed E-state index contributed by atoms with van der Waals surface area (Å²) in [6.45, 7) is 8.01. The van der Waals surface area contributed by atoms with Gasteiger partial charge >= 0.3 is 7.12 Å². The fourth-order valence-corrected chi connectivity index (χ4v) is 2.91. The number of rotatable bonds is 2. The van der Waals surface area contributed by atoms with Gasteiger partial charge in [-0.3, -0.25) is 0 Å². The average molecular weight is 335 g/mol. The Morgan fingerprint density at radius 3 is 1.77 bits per heavy atom. The largest absolute Gasteiger partial charge is 0.509 e. The molecule has 0 atom stereocenters. The monoisotopic (exact) mass is 336 g/mol. The van der Waals surface area contributed by atoms with E-state index in [1.807, 2.05) is 52.0 Å². The van der Waals surface area contributed by atoms with Crippen molar-refractivity contribution in [1.82, 2.24) is 0 Å². The molecule has 1 heterocycles. The van der Waals surface area contributed by atoms with Crippen molar-refractivity contribution in [3.63, 3.8) is 0 Å². The molecule has 8 heteroatoms. The van der Waals surface area contributed by atoms with Gasteiger partial charge in [-0.15, -0.1) is 5.46 Å². The topological polar surface area (TPSA) is 38.7 Å². The molecule has 0 amide bonds. The predicted octanol–water partition coefficient (Wildman–Crippen LogP) is -1.47. The normalized spacial score (nSPS) is 18.2. The Morgan fingerprint density at radius 2 is 1.27 bits per heavy atom. The number of hydrogen-bond acceptors (Lipinski definition) is 3. The molecule has 1 N–H and O–H groups in total. The van der Waals surface area contributed by atoms with Crippen LogP contribution < -0.4 is 27.3 Å². The van der Waals surface area contributed by atoms with Crippen molar-refractivity contribution < 1.29 is 14.4 Å². The van der Waals surface area contributed by atoms with Gasteiger partial charge in [0.2, 0.25) is 0 Å². The summed E-state index contributed by atoms with van der Waals surface area (Å²) in [4.78, 5) is 0. The predicted molar refractivity (Wildman–Crippen MR) is 111 cm³/mol. The van der Waals surface area contributed by atoms with E-state index in [9.17, 15) is 5.11 Å². The second-order valence-corrected chi connectivity index (χ2v) is 7.59. The Balaban J connectivity index is 1.98. The molecule has 0 aliphatic carbocycles. The van der Waals surface area contributed by atoms with Crippen LogP contribution in [0.15, 0.2) is 24.3 Å². The van der Waals surface area contributed by atoms with Crippen LogP contribution in [0.3, 0.4) is 0 Å². The zero-order valence-corrected chi connectivity index (χ0v) is 15.5. The first-order valence-electron chi connectivity index (χ1n) is 8.37. The van der Waals surface area contributed by atoms with Gasteiger partial charge < -0.3 is 14.4 Å². The van der Waals surface area contributed by atoms with Crippen LogP contribution in [0.1, 0.15) is 27.7 Å². The third-order valence-corrected chi connectivity index (χ3v) is 5.35. The molecule has 122 valence electrons. The van der Waals surface area contributed by atoms with Crippen LogP contribution in [0.5, 0.6) is 5.75 Å². The summed E-state index contributed by atoms with van der Waals surface area (Å²) in [7, 11) is 23.2. The molecule has 0 spiro atoms. The molecule has 0 unspecified atom stereocenters. The fraction of sp³-hybridized carbons (Fsp3) is 0.333. The lowest BCUT2D eigenvalue weighted by molar-refractivity contribution is 0.00578. The highest BCUT2D eigenvalue weighted by Crippen LogP contribution is 2.36. The summed E-state index contributed by atoms with van der Waals surface area (Å²) >= 11 is 0. The van der Waals surface area contributed by atoms with Crippen LogP contribution in [0.2, 0.25) is 0 Å². The Morgan fingerprint density at radius 1 is 0.769 bits per heavy atom. The summed E-state index contributed by atoms with van der Waals surface area (Å²) in [6.07, 6.45) is 0. The molecular weight excluding hydrogens is 318 g/mol. The molecular formula is C18H17B5O3. The van der Waals surface area contributed by atoms with Crippen molar-refractivity contribution in [2.24, 2.45) is 0 Å². The van der Waals surface area contributed by atoms with Crippen LogP contribution in [0, 0.1) is 0 Å². The van der Waals surface area contributed by atoms with Gasteiger partial charge in [0.15, 0.2) is 0 Å². The second-order valence-electron chi connectivity index (χ2n) is 7.59. The van der Waals surface area contributed by atoms with Crippen molar-refractivity contribution in [1.29, 1.82) is 0 Å². The van der Waals surface area contributed by atoms with Crippen molar-refractivity contribution in [2.45, 2.75) is 38.9 Å². The highest BCUT2D eigenvalue weighted by molar-refractivity contribution is 6.63. The molecule has 0 saturated carbocycles. The lowest BCUT2D eigenvalue weighted by atomic mass is 9.65. The van der Waals surface area contributed by atoms with E-state index in [4.69, 9.17) is 40.7 Å². The van der Waals surface area contributed by atoms with Gasteiger partial charge in [-0.1, -0.05) is 35.2 Å². The fourth-order valence-electron chi connectivity index (χ4n) is 2.91. The van der Waals surface area contributed by atoms with E-state index < -0.39 is 18.3 Å². The Hall–Kier alpha value is -1.52. The Bertz CT molecular complexity index is 817. The van der Waals surface area contributed by atoms with E-state index in [2.05, 4.69) is 0 Å². The van der Waals surface area contributed by atoms with E-state index in [0.717, 1.165) is 5.46 Å². The summed E-state index contributed by atoms with van der Waals surface area (Å²) in [5, 5.41) is 10.1. The van der Waals surface area contributed by atoms with E-state index in [0.29, 0.717) is 11.1 Å². The van der Waals surface area contributed by atoms with Crippen LogP contribution in [-0.4, -0.2) is 54.8 Å². The smallest absolute Gasteiger partial charge is 0.494 e. The second kappa shape index (κ2) is 6.28.